The molecule has 0 atom stereocenters. The number of hydrogen-bond acceptors (Lipinski definition) is 9. The summed E-state index contributed by atoms with van der Waals surface area (Å²) in [6.07, 6.45) is -2.68. The van der Waals surface area contributed by atoms with E-state index in [1.807, 2.05) is 0 Å². The van der Waals surface area contributed by atoms with Crippen molar-refractivity contribution < 1.29 is 36.4 Å². The molecule has 0 unspecified atom stereocenters. The molecule has 2 aromatic heterocycles. The summed E-state index contributed by atoms with van der Waals surface area (Å²) in [5.74, 6) is -1.15. The maximum atomic E-state index is 14.4. The van der Waals surface area contributed by atoms with Crippen LogP contribution in [0.25, 0.3) is 16.7 Å². The van der Waals surface area contributed by atoms with E-state index in [4.69, 9.17) is 13.9 Å². The zero-order chi connectivity index (χ0) is 32.1. The minimum atomic E-state index is -4.82. The zero-order valence-electron chi connectivity index (χ0n) is 24.4. The Kier molecular flexibility index (Phi) is 10.1. The molecule has 2 aromatic carbocycles. The van der Waals surface area contributed by atoms with Crippen molar-refractivity contribution in [3.63, 3.8) is 0 Å². The number of rotatable bonds is 13. The van der Waals surface area contributed by atoms with Crippen molar-refractivity contribution in [3.05, 3.63) is 82.2 Å². The van der Waals surface area contributed by atoms with E-state index in [2.05, 4.69) is 20.8 Å². The van der Waals surface area contributed by atoms with E-state index in [0.29, 0.717) is 16.1 Å². The number of carbonyl (C=O) groups excluding carboxylic acids is 1. The fourth-order valence-electron chi connectivity index (χ4n) is 4.35. The first-order chi connectivity index (χ1) is 20.9. The van der Waals surface area contributed by atoms with Gasteiger partial charge in [-0.2, -0.15) is 13.2 Å². The Balaban J connectivity index is 1.82. The lowest BCUT2D eigenvalue weighted by Gasteiger charge is -2.20. The normalized spacial score (nSPS) is 12.1. The standard InChI is InChI=1S/C28H32F3N6O6P/c1-5-42-44(40,43-6-2)17-24(38)34-35-25-27(39)37(41-16-19-10-8-7-9-11-19)23-14-20(28(29,30)31)22(15-21(23)33-25)36-13-12-32-26(36)18(3)4/h7-15,18H,5-6,16-17H2,1-4H3,(H,33,35)(H,34,38). The summed E-state index contributed by atoms with van der Waals surface area (Å²) < 4.78 is 68.3. The first-order valence-corrected chi connectivity index (χ1v) is 15.4. The van der Waals surface area contributed by atoms with E-state index in [0.717, 1.165) is 6.07 Å². The maximum Gasteiger partial charge on any atom is 0.418 e. The van der Waals surface area contributed by atoms with E-state index in [1.54, 1.807) is 58.0 Å². The number of amides is 1. The van der Waals surface area contributed by atoms with Gasteiger partial charge in [-0.3, -0.25) is 25.0 Å². The number of imidazole rings is 1. The monoisotopic (exact) mass is 636 g/mol. The Morgan fingerprint density at radius 1 is 1.09 bits per heavy atom. The molecule has 12 nitrogen and oxygen atoms in total. The topological polar surface area (TPSA) is 139 Å². The Labute approximate surface area is 250 Å². The predicted octanol–water partition coefficient (Wildman–Crippen LogP) is 5.06. The third kappa shape index (κ3) is 7.47. The predicted molar refractivity (Wildman–Crippen MR) is 156 cm³/mol. The SMILES string of the molecule is CCOP(=O)(CC(=O)NNc1nc2cc(-n3ccnc3C(C)C)c(C(F)(F)F)cc2n(OCc2ccccc2)c1=O)OCC. The Morgan fingerprint density at radius 3 is 2.39 bits per heavy atom. The van der Waals surface area contributed by atoms with Crippen molar-refractivity contribution in [3.8, 4) is 5.69 Å². The van der Waals surface area contributed by atoms with Gasteiger partial charge in [0.1, 0.15) is 24.1 Å². The van der Waals surface area contributed by atoms with Gasteiger partial charge in [-0.05, 0) is 31.5 Å². The van der Waals surface area contributed by atoms with Crippen molar-refractivity contribution in [1.82, 2.24) is 24.7 Å². The Morgan fingerprint density at radius 2 is 1.77 bits per heavy atom. The molecule has 236 valence electrons. The second-order valence-corrected chi connectivity index (χ2v) is 11.8. The number of fused-ring (bicyclic) bond motifs is 1. The zero-order valence-corrected chi connectivity index (χ0v) is 25.3. The summed E-state index contributed by atoms with van der Waals surface area (Å²) in [4.78, 5) is 40.3. The molecule has 2 heterocycles. The number of halogens is 3. The molecule has 0 fully saturated rings. The van der Waals surface area contributed by atoms with E-state index >= 15 is 0 Å². The molecule has 0 bridgehead atoms. The minimum Gasteiger partial charge on any atom is -0.405 e. The van der Waals surface area contributed by atoms with Crippen LogP contribution in [0.2, 0.25) is 0 Å². The number of alkyl halides is 3. The number of nitrogens with zero attached hydrogens (tertiary/aromatic N) is 4. The fraction of sp³-hybridized carbons (Fsp3) is 0.357. The van der Waals surface area contributed by atoms with Crippen molar-refractivity contribution in [2.24, 2.45) is 0 Å². The van der Waals surface area contributed by atoms with Crippen LogP contribution >= 0.6 is 7.60 Å². The summed E-state index contributed by atoms with van der Waals surface area (Å²) >= 11 is 0. The molecule has 0 aliphatic rings. The van der Waals surface area contributed by atoms with Crippen LogP contribution in [-0.4, -0.2) is 44.5 Å². The lowest BCUT2D eigenvalue weighted by atomic mass is 10.1. The summed E-state index contributed by atoms with van der Waals surface area (Å²) in [7, 11) is -3.77. The molecular weight excluding hydrogens is 604 g/mol. The van der Waals surface area contributed by atoms with Gasteiger partial charge in [0.25, 0.3) is 5.91 Å². The number of anilines is 1. The van der Waals surface area contributed by atoms with Crippen LogP contribution in [0.15, 0.2) is 59.7 Å². The Bertz CT molecular complexity index is 1710. The number of carbonyl (C=O) groups is 1. The molecule has 0 aliphatic carbocycles. The maximum absolute atomic E-state index is 14.4. The van der Waals surface area contributed by atoms with Crippen LogP contribution < -0.4 is 21.2 Å². The number of aromatic nitrogens is 4. The van der Waals surface area contributed by atoms with Crippen LogP contribution in [-0.2, 0) is 31.2 Å². The molecule has 0 radical (unpaired) electrons. The van der Waals surface area contributed by atoms with E-state index < -0.39 is 42.8 Å². The molecule has 1 amide bonds. The fourth-order valence-corrected chi connectivity index (χ4v) is 5.83. The highest BCUT2D eigenvalue weighted by molar-refractivity contribution is 7.54. The van der Waals surface area contributed by atoms with Crippen molar-refractivity contribution >= 4 is 30.4 Å². The van der Waals surface area contributed by atoms with Crippen molar-refractivity contribution in [1.29, 1.82) is 0 Å². The van der Waals surface area contributed by atoms with Gasteiger partial charge >= 0.3 is 19.3 Å². The van der Waals surface area contributed by atoms with Crippen LogP contribution in [0.1, 0.15) is 50.6 Å². The molecule has 2 N–H and O–H groups in total. The first kappa shape index (κ1) is 32.7. The summed E-state index contributed by atoms with van der Waals surface area (Å²) in [6, 6.07) is 10.6. The lowest BCUT2D eigenvalue weighted by molar-refractivity contribution is -0.137. The second-order valence-electron chi connectivity index (χ2n) is 9.76. The largest absolute Gasteiger partial charge is 0.418 e. The van der Waals surface area contributed by atoms with Gasteiger partial charge in [0.05, 0.1) is 30.0 Å². The van der Waals surface area contributed by atoms with Gasteiger partial charge in [-0.25, -0.2) is 9.97 Å². The van der Waals surface area contributed by atoms with Crippen molar-refractivity contribution in [2.75, 3.05) is 24.8 Å². The highest BCUT2D eigenvalue weighted by atomic mass is 31.2. The highest BCUT2D eigenvalue weighted by Crippen LogP contribution is 2.47. The van der Waals surface area contributed by atoms with Crippen LogP contribution in [0.3, 0.4) is 0 Å². The molecular formula is C28H32F3N6O6P. The molecule has 0 saturated heterocycles. The summed E-state index contributed by atoms with van der Waals surface area (Å²) in [6.45, 7) is 6.66. The third-order valence-corrected chi connectivity index (χ3v) is 8.17. The highest BCUT2D eigenvalue weighted by Gasteiger charge is 2.36. The van der Waals surface area contributed by atoms with Gasteiger partial charge in [0.15, 0.2) is 0 Å². The third-order valence-electron chi connectivity index (χ3n) is 6.19. The van der Waals surface area contributed by atoms with Gasteiger partial charge < -0.3 is 18.5 Å². The average Bonchev–Trinajstić information content (AvgIpc) is 3.46. The summed E-state index contributed by atoms with van der Waals surface area (Å²) in [5, 5.41) is 0. The average molecular weight is 637 g/mol. The van der Waals surface area contributed by atoms with Gasteiger partial charge in [-0.15, -0.1) is 4.73 Å². The van der Waals surface area contributed by atoms with Gasteiger partial charge in [-0.1, -0.05) is 44.2 Å². The molecule has 0 aliphatic heterocycles. The molecule has 16 heteroatoms. The number of hydrogen-bond donors (Lipinski definition) is 2. The van der Waals surface area contributed by atoms with Gasteiger partial charge in [0, 0.05) is 18.3 Å². The van der Waals surface area contributed by atoms with E-state index in [9.17, 15) is 27.3 Å². The number of benzene rings is 2. The van der Waals surface area contributed by atoms with Crippen LogP contribution in [0.5, 0.6) is 0 Å². The summed E-state index contributed by atoms with van der Waals surface area (Å²) in [5.41, 5.74) is 2.64. The lowest BCUT2D eigenvalue weighted by Crippen LogP contribution is -2.38. The number of nitrogens with one attached hydrogen (secondary N) is 2. The van der Waals surface area contributed by atoms with Crippen LogP contribution in [0, 0.1) is 0 Å². The molecule has 4 aromatic rings. The Hall–Kier alpha value is -4.20. The smallest absolute Gasteiger partial charge is 0.405 e. The minimum absolute atomic E-state index is 0.0331. The van der Waals surface area contributed by atoms with Crippen molar-refractivity contribution in [2.45, 2.75) is 46.4 Å². The van der Waals surface area contributed by atoms with E-state index in [1.165, 1.54) is 23.0 Å². The first-order valence-electron chi connectivity index (χ1n) is 13.7. The quantitative estimate of drug-likeness (QED) is 0.152. The van der Waals surface area contributed by atoms with Crippen LogP contribution in [0.4, 0.5) is 19.0 Å². The molecule has 4 rings (SSSR count). The molecule has 0 saturated carbocycles. The molecule has 44 heavy (non-hydrogen) atoms. The number of hydrazine groups is 1. The molecule has 0 spiro atoms. The van der Waals surface area contributed by atoms with E-state index in [-0.39, 0.29) is 42.5 Å². The van der Waals surface area contributed by atoms with Gasteiger partial charge in [0.2, 0.25) is 5.82 Å². The second kappa shape index (κ2) is 13.6.